The standard InChI is InChI=1S/C31H31ClN2O6/c1-30-15-6-3-7-18-39-29(38)25(30)24-27(36)34(23(19-35)20-9-4-2-5-10-20)26-28(37)33(17-8-16-31(24,26)40-30)22-13-11-21(32)12-14-22/h2,4-6,8-16,23-26,35H,3,7,17-19H2,1H3/b15-6-/t23-,24+,25+,26?,30-,31+/m1/s1. The Morgan fingerprint density at radius 3 is 2.48 bits per heavy atom. The number of aliphatic hydroxyl groups is 1. The molecule has 0 radical (unpaired) electrons. The quantitative estimate of drug-likeness (QED) is 0.449. The van der Waals surface area contributed by atoms with Crippen LogP contribution in [0.4, 0.5) is 5.69 Å². The van der Waals surface area contributed by atoms with Gasteiger partial charge < -0.3 is 24.4 Å². The van der Waals surface area contributed by atoms with E-state index in [0.717, 1.165) is 0 Å². The van der Waals surface area contributed by atoms with Gasteiger partial charge in [0.2, 0.25) is 5.91 Å². The summed E-state index contributed by atoms with van der Waals surface area (Å²) in [6.07, 6.45) is 8.74. The number of anilines is 1. The zero-order valence-electron chi connectivity index (χ0n) is 22.1. The molecule has 1 spiro atoms. The molecule has 8 nitrogen and oxygen atoms in total. The summed E-state index contributed by atoms with van der Waals surface area (Å²) in [7, 11) is 0. The van der Waals surface area contributed by atoms with Crippen molar-refractivity contribution in [3.05, 3.63) is 89.5 Å². The summed E-state index contributed by atoms with van der Waals surface area (Å²) in [5.74, 6) is -3.32. The van der Waals surface area contributed by atoms with Crippen LogP contribution in [0.25, 0.3) is 0 Å². The van der Waals surface area contributed by atoms with E-state index in [1.54, 1.807) is 42.2 Å². The average molecular weight is 563 g/mol. The molecule has 2 amide bonds. The van der Waals surface area contributed by atoms with Gasteiger partial charge in [-0.05, 0) is 49.6 Å². The molecule has 2 aromatic carbocycles. The van der Waals surface area contributed by atoms with Crippen LogP contribution in [0.2, 0.25) is 5.02 Å². The first-order chi connectivity index (χ1) is 19.3. The summed E-state index contributed by atoms with van der Waals surface area (Å²) in [5.41, 5.74) is -1.35. The predicted octanol–water partition coefficient (Wildman–Crippen LogP) is 3.84. The second-order valence-corrected chi connectivity index (χ2v) is 11.3. The lowest BCUT2D eigenvalue weighted by Gasteiger charge is -2.40. The fraction of sp³-hybridized carbons (Fsp3) is 0.387. The highest BCUT2D eigenvalue weighted by molar-refractivity contribution is 6.30. The summed E-state index contributed by atoms with van der Waals surface area (Å²) in [6.45, 7) is 1.83. The van der Waals surface area contributed by atoms with E-state index in [-0.39, 0.29) is 19.1 Å². The molecule has 2 saturated heterocycles. The van der Waals surface area contributed by atoms with Crippen LogP contribution < -0.4 is 4.90 Å². The summed E-state index contributed by atoms with van der Waals surface area (Å²) < 4.78 is 12.5. The van der Waals surface area contributed by atoms with Gasteiger partial charge in [-0.3, -0.25) is 14.4 Å². The van der Waals surface area contributed by atoms with E-state index in [4.69, 9.17) is 21.1 Å². The van der Waals surface area contributed by atoms with Crippen molar-refractivity contribution in [3.63, 3.8) is 0 Å². The minimum absolute atomic E-state index is 0.230. The fourth-order valence-electron chi connectivity index (χ4n) is 6.79. The van der Waals surface area contributed by atoms with Gasteiger partial charge in [0.25, 0.3) is 5.91 Å². The van der Waals surface area contributed by atoms with Crippen LogP contribution in [-0.4, -0.2) is 64.8 Å². The van der Waals surface area contributed by atoms with Crippen molar-refractivity contribution in [2.24, 2.45) is 11.8 Å². The lowest BCUT2D eigenvalue weighted by atomic mass is 9.74. The Bertz CT molecular complexity index is 1380. The van der Waals surface area contributed by atoms with Crippen molar-refractivity contribution in [3.8, 4) is 0 Å². The monoisotopic (exact) mass is 562 g/mol. The third-order valence-electron chi connectivity index (χ3n) is 8.52. The zero-order chi connectivity index (χ0) is 28.1. The Morgan fingerprint density at radius 2 is 1.75 bits per heavy atom. The highest BCUT2D eigenvalue weighted by Crippen LogP contribution is 2.58. The maximum absolute atomic E-state index is 14.6. The highest BCUT2D eigenvalue weighted by atomic mass is 35.5. The third kappa shape index (κ3) is 4.08. The molecule has 6 atom stereocenters. The number of carbonyl (C=O) groups is 3. The number of ether oxygens (including phenoxy) is 2. The molecule has 2 aromatic rings. The second kappa shape index (κ2) is 10.2. The second-order valence-electron chi connectivity index (χ2n) is 10.9. The smallest absolute Gasteiger partial charge is 0.313 e. The highest BCUT2D eigenvalue weighted by Gasteiger charge is 2.75. The lowest BCUT2D eigenvalue weighted by Crippen LogP contribution is -2.57. The normalized spacial score (nSPS) is 33.2. The van der Waals surface area contributed by atoms with E-state index >= 15 is 0 Å². The molecular formula is C31H31ClN2O6. The molecule has 208 valence electrons. The van der Waals surface area contributed by atoms with Gasteiger partial charge in [0.1, 0.15) is 17.6 Å². The van der Waals surface area contributed by atoms with E-state index in [2.05, 4.69) is 0 Å². The summed E-state index contributed by atoms with van der Waals surface area (Å²) in [5, 5.41) is 11.2. The number of aliphatic hydroxyl groups excluding tert-OH is 1. The first kappa shape index (κ1) is 26.7. The first-order valence-corrected chi connectivity index (χ1v) is 14.0. The van der Waals surface area contributed by atoms with Crippen molar-refractivity contribution in [2.75, 3.05) is 24.7 Å². The van der Waals surface area contributed by atoms with Gasteiger partial charge in [-0.25, -0.2) is 0 Å². The van der Waals surface area contributed by atoms with Gasteiger partial charge in [-0.1, -0.05) is 66.2 Å². The SMILES string of the molecule is C[C@@]12/C=C\CCCOC(=O)[C@@H]1[C@H]1C(=O)N([C@H](CO)c3ccccc3)C3C(=O)N(c4ccc(Cl)cc4)CC=C[C@@]31O2. The Hall–Kier alpha value is -3.46. The molecule has 4 heterocycles. The molecular weight excluding hydrogens is 532 g/mol. The first-order valence-electron chi connectivity index (χ1n) is 13.6. The fourth-order valence-corrected chi connectivity index (χ4v) is 6.92. The van der Waals surface area contributed by atoms with E-state index in [1.165, 1.54) is 4.90 Å². The molecule has 0 aliphatic carbocycles. The number of likely N-dealkylation sites (tertiary alicyclic amines) is 1. The average Bonchev–Trinajstić information content (AvgIpc) is 3.30. The Morgan fingerprint density at radius 1 is 1.00 bits per heavy atom. The van der Waals surface area contributed by atoms with E-state index < -0.39 is 53.6 Å². The molecule has 4 aliphatic heterocycles. The molecule has 4 aliphatic rings. The maximum atomic E-state index is 14.6. The number of fused-ring (bicyclic) bond motifs is 2. The van der Waals surface area contributed by atoms with Crippen LogP contribution in [-0.2, 0) is 23.9 Å². The van der Waals surface area contributed by atoms with Gasteiger partial charge in [0.05, 0.1) is 30.8 Å². The number of cyclic esters (lactones) is 1. The molecule has 1 N–H and O–H groups in total. The number of nitrogens with zero attached hydrogens (tertiary/aromatic N) is 2. The minimum Gasteiger partial charge on any atom is -0.465 e. The number of carbonyl (C=O) groups excluding carboxylic acids is 3. The number of allylic oxidation sites excluding steroid dienone is 1. The number of rotatable bonds is 4. The van der Waals surface area contributed by atoms with Crippen LogP contribution in [0.3, 0.4) is 0 Å². The van der Waals surface area contributed by atoms with E-state index in [1.807, 2.05) is 48.6 Å². The molecule has 0 bridgehead atoms. The number of halogens is 1. The number of hydrogen-bond donors (Lipinski definition) is 1. The Labute approximate surface area is 237 Å². The third-order valence-corrected chi connectivity index (χ3v) is 8.77. The van der Waals surface area contributed by atoms with Crippen molar-refractivity contribution in [1.82, 2.24) is 4.90 Å². The van der Waals surface area contributed by atoms with Crippen LogP contribution >= 0.6 is 11.6 Å². The molecule has 0 saturated carbocycles. The van der Waals surface area contributed by atoms with Crippen molar-refractivity contribution in [2.45, 2.75) is 43.1 Å². The zero-order valence-corrected chi connectivity index (χ0v) is 22.9. The maximum Gasteiger partial charge on any atom is 0.313 e. The van der Waals surface area contributed by atoms with Gasteiger partial charge in [0, 0.05) is 17.3 Å². The summed E-state index contributed by atoms with van der Waals surface area (Å²) in [6, 6.07) is 14.0. The number of amides is 2. The van der Waals surface area contributed by atoms with Crippen LogP contribution in [0.1, 0.15) is 31.4 Å². The van der Waals surface area contributed by atoms with E-state index in [0.29, 0.717) is 29.1 Å². The lowest BCUT2D eigenvalue weighted by molar-refractivity contribution is -0.159. The van der Waals surface area contributed by atoms with Crippen LogP contribution in [0.5, 0.6) is 0 Å². The summed E-state index contributed by atoms with van der Waals surface area (Å²) >= 11 is 6.12. The number of esters is 1. The molecule has 1 unspecified atom stereocenters. The molecule has 2 fully saturated rings. The van der Waals surface area contributed by atoms with Crippen LogP contribution in [0, 0.1) is 11.8 Å². The molecule has 0 aromatic heterocycles. The van der Waals surface area contributed by atoms with Gasteiger partial charge in [-0.15, -0.1) is 0 Å². The largest absolute Gasteiger partial charge is 0.465 e. The molecule has 9 heteroatoms. The molecule has 6 rings (SSSR count). The molecule has 40 heavy (non-hydrogen) atoms. The number of benzene rings is 2. The Balaban J connectivity index is 1.54. The van der Waals surface area contributed by atoms with E-state index in [9.17, 15) is 19.5 Å². The topological polar surface area (TPSA) is 96.4 Å². The Kier molecular flexibility index (Phi) is 6.81. The van der Waals surface area contributed by atoms with Gasteiger partial charge >= 0.3 is 5.97 Å². The number of hydrogen-bond acceptors (Lipinski definition) is 6. The van der Waals surface area contributed by atoms with Crippen LogP contribution in [0.15, 0.2) is 78.9 Å². The van der Waals surface area contributed by atoms with Gasteiger partial charge in [0.15, 0.2) is 0 Å². The van der Waals surface area contributed by atoms with Gasteiger partial charge in [-0.2, -0.15) is 0 Å². The van der Waals surface area contributed by atoms with Crippen molar-refractivity contribution < 1.29 is 29.0 Å². The van der Waals surface area contributed by atoms with Crippen molar-refractivity contribution in [1.29, 1.82) is 0 Å². The minimum atomic E-state index is -1.46. The summed E-state index contributed by atoms with van der Waals surface area (Å²) in [4.78, 5) is 45.8. The predicted molar refractivity (Wildman–Crippen MR) is 148 cm³/mol. The van der Waals surface area contributed by atoms with Crippen molar-refractivity contribution >= 4 is 35.1 Å².